The largest absolute Gasteiger partial charge is 0.395 e. The van der Waals surface area contributed by atoms with Gasteiger partial charge in [0.15, 0.2) is 0 Å². The smallest absolute Gasteiger partial charge is 0.133 e. The number of hydrogen-bond donors (Lipinski definition) is 2. The van der Waals surface area contributed by atoms with Crippen LogP contribution < -0.4 is 0 Å². The first-order valence-corrected chi connectivity index (χ1v) is 10.2. The van der Waals surface area contributed by atoms with Gasteiger partial charge in [0.2, 0.25) is 0 Å². The second-order valence-corrected chi connectivity index (χ2v) is 7.52. The molecule has 3 nitrogen and oxygen atoms in total. The number of rotatable bonds is 6. The quantitative estimate of drug-likeness (QED) is 0.452. The molecule has 0 spiro atoms. The molecule has 2 N–H and O–H groups in total. The summed E-state index contributed by atoms with van der Waals surface area (Å²) in [5, 5.41) is 31.3. The lowest BCUT2D eigenvalue weighted by Crippen LogP contribution is -2.37. The molecular weight excluding hydrogens is 382 g/mol. The van der Waals surface area contributed by atoms with Crippen molar-refractivity contribution < 1.29 is 10.2 Å². The van der Waals surface area contributed by atoms with Crippen molar-refractivity contribution >= 4 is 0 Å². The van der Waals surface area contributed by atoms with Crippen LogP contribution in [0.4, 0.5) is 0 Å². The van der Waals surface area contributed by atoms with Crippen LogP contribution in [0.2, 0.25) is 0 Å². The first-order valence-electron chi connectivity index (χ1n) is 10.2. The second-order valence-electron chi connectivity index (χ2n) is 7.52. The standard InChI is InChI=1S/C28H23NO2/c29-19-27(20-30)28(31,25-15-11-23(12-16-25)21-7-3-1-4-8-21)26-17-13-24(14-18-26)22-9-5-2-6-10-22/h1-18,27,30-31H,20H2. The van der Waals surface area contributed by atoms with Gasteiger partial charge in [0.1, 0.15) is 11.5 Å². The third-order valence-corrected chi connectivity index (χ3v) is 5.71. The summed E-state index contributed by atoms with van der Waals surface area (Å²) in [6.07, 6.45) is 0. The molecule has 152 valence electrons. The van der Waals surface area contributed by atoms with Gasteiger partial charge in [0.25, 0.3) is 0 Å². The Labute approximate surface area is 182 Å². The van der Waals surface area contributed by atoms with Crippen LogP contribution in [0.5, 0.6) is 0 Å². The van der Waals surface area contributed by atoms with Crippen LogP contribution in [0.1, 0.15) is 11.1 Å². The molecule has 1 atom stereocenters. The summed E-state index contributed by atoms with van der Waals surface area (Å²) in [7, 11) is 0. The molecule has 4 aromatic carbocycles. The molecule has 0 amide bonds. The topological polar surface area (TPSA) is 64.2 Å². The summed E-state index contributed by atoms with van der Waals surface area (Å²) < 4.78 is 0. The summed E-state index contributed by atoms with van der Waals surface area (Å²) in [6, 6.07) is 37.0. The lowest BCUT2D eigenvalue weighted by molar-refractivity contribution is 0.0153. The predicted octanol–water partition coefficient (Wildman–Crippen LogP) is 5.39. The average molecular weight is 405 g/mol. The van der Waals surface area contributed by atoms with Crippen LogP contribution in [0.15, 0.2) is 109 Å². The fraction of sp³-hybridized carbons (Fsp3) is 0.107. The van der Waals surface area contributed by atoms with Gasteiger partial charge in [-0.2, -0.15) is 5.26 Å². The first-order chi connectivity index (χ1) is 15.2. The highest BCUT2D eigenvalue weighted by Crippen LogP contribution is 2.38. The van der Waals surface area contributed by atoms with Crippen molar-refractivity contribution in [3.8, 4) is 28.3 Å². The van der Waals surface area contributed by atoms with E-state index >= 15 is 0 Å². The summed E-state index contributed by atoms with van der Waals surface area (Å²) in [4.78, 5) is 0. The van der Waals surface area contributed by atoms with Crippen molar-refractivity contribution in [1.29, 1.82) is 5.26 Å². The van der Waals surface area contributed by atoms with Crippen molar-refractivity contribution in [2.75, 3.05) is 6.61 Å². The molecule has 0 saturated carbocycles. The molecule has 3 heteroatoms. The Kier molecular flexibility index (Phi) is 5.95. The number of hydrogen-bond acceptors (Lipinski definition) is 3. The van der Waals surface area contributed by atoms with Crippen LogP contribution in [0, 0.1) is 17.2 Å². The summed E-state index contributed by atoms with van der Waals surface area (Å²) in [5.74, 6) is -1.00. The minimum Gasteiger partial charge on any atom is -0.395 e. The Hall–Kier alpha value is -3.71. The van der Waals surface area contributed by atoms with Gasteiger partial charge in [-0.15, -0.1) is 0 Å². The van der Waals surface area contributed by atoms with E-state index in [1.807, 2.05) is 109 Å². The van der Waals surface area contributed by atoms with E-state index in [1.165, 1.54) is 0 Å². The van der Waals surface area contributed by atoms with Crippen molar-refractivity contribution in [2.45, 2.75) is 5.60 Å². The third-order valence-electron chi connectivity index (χ3n) is 5.71. The van der Waals surface area contributed by atoms with Crippen molar-refractivity contribution in [1.82, 2.24) is 0 Å². The third kappa shape index (κ3) is 4.00. The molecule has 0 radical (unpaired) electrons. The van der Waals surface area contributed by atoms with Gasteiger partial charge in [0, 0.05) is 0 Å². The fourth-order valence-corrected chi connectivity index (χ4v) is 3.93. The molecule has 0 fully saturated rings. The lowest BCUT2D eigenvalue weighted by Gasteiger charge is -2.33. The van der Waals surface area contributed by atoms with Gasteiger partial charge in [-0.05, 0) is 33.4 Å². The zero-order valence-electron chi connectivity index (χ0n) is 17.0. The van der Waals surface area contributed by atoms with E-state index in [1.54, 1.807) is 0 Å². The molecule has 0 aliphatic heterocycles. The SMILES string of the molecule is N#CC(CO)C(O)(c1ccc(-c2ccccc2)cc1)c1ccc(-c2ccccc2)cc1. The van der Waals surface area contributed by atoms with E-state index < -0.39 is 18.1 Å². The first kappa shape index (κ1) is 20.6. The van der Waals surface area contributed by atoms with Gasteiger partial charge in [-0.25, -0.2) is 0 Å². The van der Waals surface area contributed by atoms with E-state index in [4.69, 9.17) is 0 Å². The zero-order valence-corrected chi connectivity index (χ0v) is 17.0. The molecule has 0 saturated heterocycles. The van der Waals surface area contributed by atoms with Crippen LogP contribution in [0.25, 0.3) is 22.3 Å². The van der Waals surface area contributed by atoms with E-state index in [9.17, 15) is 15.5 Å². The predicted molar refractivity (Wildman–Crippen MR) is 123 cm³/mol. The number of aliphatic hydroxyl groups excluding tert-OH is 1. The molecule has 0 aromatic heterocycles. The molecule has 0 aliphatic carbocycles. The molecular formula is C28H23NO2. The maximum atomic E-state index is 11.8. The number of nitriles is 1. The molecule has 31 heavy (non-hydrogen) atoms. The summed E-state index contributed by atoms with van der Waals surface area (Å²) >= 11 is 0. The van der Waals surface area contributed by atoms with Crippen LogP contribution >= 0.6 is 0 Å². The zero-order chi connectivity index (χ0) is 21.7. The molecule has 0 aliphatic rings. The Morgan fingerprint density at radius 1 is 0.613 bits per heavy atom. The molecule has 0 bridgehead atoms. The second kappa shape index (κ2) is 8.97. The van der Waals surface area contributed by atoms with Gasteiger partial charge < -0.3 is 10.2 Å². The number of nitrogens with zero attached hydrogens (tertiary/aromatic N) is 1. The highest BCUT2D eigenvalue weighted by Gasteiger charge is 2.40. The highest BCUT2D eigenvalue weighted by atomic mass is 16.3. The molecule has 0 heterocycles. The van der Waals surface area contributed by atoms with Crippen molar-refractivity contribution in [2.24, 2.45) is 5.92 Å². The van der Waals surface area contributed by atoms with Crippen molar-refractivity contribution in [3.63, 3.8) is 0 Å². The van der Waals surface area contributed by atoms with E-state index in [-0.39, 0.29) is 0 Å². The highest BCUT2D eigenvalue weighted by molar-refractivity contribution is 5.65. The fourth-order valence-electron chi connectivity index (χ4n) is 3.93. The van der Waals surface area contributed by atoms with Gasteiger partial charge in [-0.3, -0.25) is 0 Å². The molecule has 4 aromatic rings. The number of benzene rings is 4. The van der Waals surface area contributed by atoms with E-state index in [0.717, 1.165) is 22.3 Å². The van der Waals surface area contributed by atoms with Gasteiger partial charge in [-0.1, -0.05) is 109 Å². The Morgan fingerprint density at radius 2 is 0.968 bits per heavy atom. The average Bonchev–Trinajstić information content (AvgIpc) is 2.86. The van der Waals surface area contributed by atoms with Gasteiger partial charge >= 0.3 is 0 Å². The minimum atomic E-state index is -1.63. The minimum absolute atomic E-state index is 0.451. The molecule has 1 unspecified atom stereocenters. The Morgan fingerprint density at radius 3 is 1.29 bits per heavy atom. The monoisotopic (exact) mass is 405 g/mol. The van der Waals surface area contributed by atoms with Gasteiger partial charge in [0.05, 0.1) is 12.7 Å². The maximum absolute atomic E-state index is 11.8. The van der Waals surface area contributed by atoms with Crippen molar-refractivity contribution in [3.05, 3.63) is 120 Å². The van der Waals surface area contributed by atoms with E-state index in [2.05, 4.69) is 6.07 Å². The van der Waals surface area contributed by atoms with E-state index in [0.29, 0.717) is 11.1 Å². The van der Waals surface area contributed by atoms with Crippen LogP contribution in [-0.2, 0) is 5.60 Å². The maximum Gasteiger partial charge on any atom is 0.133 e. The summed E-state index contributed by atoms with van der Waals surface area (Å²) in [6.45, 7) is -0.451. The van der Waals surface area contributed by atoms with Crippen LogP contribution in [0.3, 0.4) is 0 Å². The molecule has 4 rings (SSSR count). The van der Waals surface area contributed by atoms with Crippen LogP contribution in [-0.4, -0.2) is 16.8 Å². The normalized spacial score (nSPS) is 12.2. The Bertz CT molecular complexity index is 1080. The number of aliphatic hydroxyl groups is 2. The summed E-state index contributed by atoms with van der Waals surface area (Å²) in [5.41, 5.74) is 3.69. The lowest BCUT2D eigenvalue weighted by atomic mass is 9.76. The Balaban J connectivity index is 1.75.